The molecule has 1 saturated heterocycles. The Morgan fingerprint density at radius 1 is 0.894 bits per heavy atom. The molecule has 1 fully saturated rings. The molecule has 13 nitrogen and oxygen atoms in total. The van der Waals surface area contributed by atoms with E-state index in [1.807, 2.05) is 100 Å². The maximum absolute atomic E-state index is 15.1. The van der Waals surface area contributed by atoms with E-state index in [9.17, 15) is 14.7 Å². The van der Waals surface area contributed by atoms with Gasteiger partial charge in [0.1, 0.15) is 29.4 Å². The Labute approximate surface area is 393 Å². The lowest BCUT2D eigenvalue weighted by Crippen LogP contribution is -2.58. The molecule has 4 aromatic carbocycles. The summed E-state index contributed by atoms with van der Waals surface area (Å²) in [6.45, 7) is 3.80. The number of aromatic nitrogens is 2. The molecule has 66 heavy (non-hydrogen) atoms. The van der Waals surface area contributed by atoms with Gasteiger partial charge in [-0.1, -0.05) is 67.1 Å². The smallest absolute Gasteiger partial charge is 0.247 e. The molecule has 2 heterocycles. The minimum Gasteiger partial charge on any atom is -0.457 e. The molecule has 0 spiro atoms. The van der Waals surface area contributed by atoms with Crippen LogP contribution in [-0.4, -0.2) is 117 Å². The number of ether oxygens (including phenoxy) is 1. The summed E-state index contributed by atoms with van der Waals surface area (Å²) in [6, 6.07) is 26.0. The van der Waals surface area contributed by atoms with E-state index in [1.165, 1.54) is 9.80 Å². The molecular formula is C52H62ClN7O6. The summed E-state index contributed by atoms with van der Waals surface area (Å²) in [6.07, 6.45) is 4.27. The number of benzene rings is 4. The number of nitrogens with one attached hydrogen (secondary N) is 1. The summed E-state index contributed by atoms with van der Waals surface area (Å²) >= 11 is 6.21. The minimum absolute atomic E-state index is 0.0344. The summed E-state index contributed by atoms with van der Waals surface area (Å²) < 4.78 is 8.69. The lowest BCUT2D eigenvalue weighted by molar-refractivity contribution is -0.148. The number of likely N-dealkylation sites (N-methyl/N-ethyl adjacent to an activating group) is 2. The highest BCUT2D eigenvalue weighted by molar-refractivity contribution is 6.30. The highest BCUT2D eigenvalue weighted by Gasteiger charge is 2.41. The van der Waals surface area contributed by atoms with Gasteiger partial charge in [0.05, 0.1) is 43.5 Å². The lowest BCUT2D eigenvalue weighted by atomic mass is 9.83. The van der Waals surface area contributed by atoms with Gasteiger partial charge in [-0.05, 0) is 117 Å². The number of carbonyl (C=O) groups is 4. The topological polar surface area (TPSA) is 141 Å². The third kappa shape index (κ3) is 10.8. The normalized spacial score (nSPS) is 21.0. The van der Waals surface area contributed by atoms with Gasteiger partial charge in [-0.2, -0.15) is 0 Å². The molecule has 1 aliphatic heterocycles. The van der Waals surface area contributed by atoms with Crippen molar-refractivity contribution in [2.75, 3.05) is 41.3 Å². The number of aliphatic hydroxyl groups is 1. The molecule has 1 aromatic heterocycles. The third-order valence-corrected chi connectivity index (χ3v) is 13.5. The summed E-state index contributed by atoms with van der Waals surface area (Å²) in [5.41, 5.74) is 6.69. The molecule has 5 aromatic rings. The number of aryl methyl sites for hydroxylation is 2. The van der Waals surface area contributed by atoms with E-state index in [-0.39, 0.29) is 31.3 Å². The summed E-state index contributed by atoms with van der Waals surface area (Å²) in [5, 5.41) is 13.9. The molecule has 0 saturated carbocycles. The standard InChI is InChI=1S/C52H62ClN7O6/c1-8-34-13-16-38(47(26-34)66-41-22-17-37(18-23-41)46-28-54-48(59(46)7)31-56(3)4)29-60-33(2)50(63)55-45(32-61)52(65)58(6)40(25-35-14-20-39(53)21-15-35)30-57(5)51(64)44(27-49(60)62)43-24-19-36-11-9-10-12-42(36)43/h9-18,20-23,26,28,33,40,43-45,61H,8,19,24-25,27,29-32H2,1-7H3,(H,55,63)/t33-,40+,43+,44-,45-/m0/s1. The van der Waals surface area contributed by atoms with E-state index in [0.29, 0.717) is 41.5 Å². The van der Waals surface area contributed by atoms with Crippen LogP contribution in [0.15, 0.2) is 97.2 Å². The third-order valence-electron chi connectivity index (χ3n) is 13.3. The van der Waals surface area contributed by atoms with Crippen LogP contribution in [0, 0.1) is 5.92 Å². The average molecular weight is 917 g/mol. The highest BCUT2D eigenvalue weighted by Crippen LogP contribution is 2.41. The summed E-state index contributed by atoms with van der Waals surface area (Å²) in [7, 11) is 9.36. The number of nitrogens with zero attached hydrogens (tertiary/aromatic N) is 6. The van der Waals surface area contributed by atoms with Crippen molar-refractivity contribution in [1.29, 1.82) is 0 Å². The predicted octanol–water partition coefficient (Wildman–Crippen LogP) is 6.63. The molecular weight excluding hydrogens is 854 g/mol. The Balaban J connectivity index is 1.23. The fourth-order valence-corrected chi connectivity index (χ4v) is 9.43. The molecule has 2 aliphatic rings. The van der Waals surface area contributed by atoms with Crippen LogP contribution in [0.5, 0.6) is 11.5 Å². The Morgan fingerprint density at radius 3 is 2.30 bits per heavy atom. The van der Waals surface area contributed by atoms with Crippen molar-refractivity contribution in [3.8, 4) is 22.8 Å². The van der Waals surface area contributed by atoms with Crippen molar-refractivity contribution in [2.45, 2.75) is 83.1 Å². The maximum Gasteiger partial charge on any atom is 0.247 e. The van der Waals surface area contributed by atoms with Crippen LogP contribution in [0.2, 0.25) is 5.02 Å². The van der Waals surface area contributed by atoms with Gasteiger partial charge in [0.15, 0.2) is 0 Å². The fraction of sp³-hybridized carbons (Fsp3) is 0.404. The number of hydrogen-bond acceptors (Lipinski definition) is 8. The quantitative estimate of drug-likeness (QED) is 0.142. The van der Waals surface area contributed by atoms with Crippen LogP contribution in [0.3, 0.4) is 0 Å². The van der Waals surface area contributed by atoms with Gasteiger partial charge in [-0.25, -0.2) is 4.98 Å². The lowest BCUT2D eigenvalue weighted by Gasteiger charge is -2.38. The van der Waals surface area contributed by atoms with Crippen molar-refractivity contribution in [2.24, 2.45) is 13.0 Å². The molecule has 7 rings (SSSR count). The van der Waals surface area contributed by atoms with E-state index in [0.717, 1.165) is 52.2 Å². The zero-order chi connectivity index (χ0) is 47.2. The Bertz CT molecular complexity index is 2530. The van der Waals surface area contributed by atoms with Gasteiger partial charge >= 0.3 is 0 Å². The fourth-order valence-electron chi connectivity index (χ4n) is 9.30. The molecule has 4 amide bonds. The Morgan fingerprint density at radius 2 is 1.61 bits per heavy atom. The first-order chi connectivity index (χ1) is 31.6. The number of hydrogen-bond donors (Lipinski definition) is 2. The number of carbonyl (C=O) groups excluding carboxylic acids is 4. The van der Waals surface area contributed by atoms with Crippen LogP contribution < -0.4 is 10.1 Å². The Hall–Kier alpha value is -6.02. The van der Waals surface area contributed by atoms with Gasteiger partial charge in [0.2, 0.25) is 23.6 Å². The minimum atomic E-state index is -1.31. The van der Waals surface area contributed by atoms with Crippen molar-refractivity contribution >= 4 is 35.2 Å². The number of rotatable bonds is 12. The molecule has 1 aliphatic carbocycles. The van der Waals surface area contributed by atoms with Crippen LogP contribution in [0.4, 0.5) is 0 Å². The predicted molar refractivity (Wildman–Crippen MR) is 256 cm³/mol. The van der Waals surface area contributed by atoms with Crippen molar-refractivity contribution < 1.29 is 29.0 Å². The van der Waals surface area contributed by atoms with Gasteiger partial charge in [-0.3, -0.25) is 19.2 Å². The van der Waals surface area contributed by atoms with E-state index in [1.54, 1.807) is 38.1 Å². The van der Waals surface area contributed by atoms with Crippen LogP contribution in [0.1, 0.15) is 66.2 Å². The zero-order valence-electron chi connectivity index (χ0n) is 39.0. The van der Waals surface area contributed by atoms with E-state index in [2.05, 4.69) is 32.8 Å². The maximum atomic E-state index is 15.1. The van der Waals surface area contributed by atoms with Crippen LogP contribution in [0.25, 0.3) is 11.3 Å². The largest absolute Gasteiger partial charge is 0.457 e. The van der Waals surface area contributed by atoms with Gasteiger partial charge in [0, 0.05) is 50.3 Å². The number of aliphatic hydroxyl groups excluding tert-OH is 1. The first-order valence-electron chi connectivity index (χ1n) is 22.8. The molecule has 348 valence electrons. The van der Waals surface area contributed by atoms with Crippen LogP contribution >= 0.6 is 11.6 Å². The molecule has 0 bridgehead atoms. The second-order valence-corrected chi connectivity index (χ2v) is 18.5. The van der Waals surface area contributed by atoms with Gasteiger partial charge in [-0.15, -0.1) is 0 Å². The van der Waals surface area contributed by atoms with Crippen LogP contribution in [-0.2, 0) is 58.6 Å². The van der Waals surface area contributed by atoms with E-state index in [4.69, 9.17) is 16.3 Å². The summed E-state index contributed by atoms with van der Waals surface area (Å²) in [4.78, 5) is 70.0. The molecule has 2 N–H and O–H groups in total. The number of fused-ring (bicyclic) bond motifs is 1. The number of halogens is 1. The monoisotopic (exact) mass is 915 g/mol. The number of amides is 4. The van der Waals surface area contributed by atoms with Gasteiger partial charge in [0.25, 0.3) is 0 Å². The average Bonchev–Trinajstić information content (AvgIpc) is 3.91. The molecule has 0 radical (unpaired) electrons. The molecule has 0 unspecified atom stereocenters. The van der Waals surface area contributed by atoms with Gasteiger partial charge < -0.3 is 39.3 Å². The first kappa shape index (κ1) is 47.9. The SMILES string of the molecule is CCc1ccc(CN2C(=O)C[C@@H]([C@@H]3CCc4ccccc43)C(=O)N(C)C[C@@H](Cc3ccc(Cl)cc3)N(C)C(=O)[C@H](CO)NC(=O)[C@@H]2C)c(Oc2ccc(-c3cnc(CN(C)C)n3C)cc2)c1. The number of imidazole rings is 1. The summed E-state index contributed by atoms with van der Waals surface area (Å²) in [5.74, 6) is -0.721. The molecule has 5 atom stereocenters. The van der Waals surface area contributed by atoms with Crippen molar-refractivity contribution in [3.63, 3.8) is 0 Å². The molecule has 14 heteroatoms. The van der Waals surface area contributed by atoms with E-state index < -0.39 is 48.4 Å². The first-order valence-corrected chi connectivity index (χ1v) is 23.1. The van der Waals surface area contributed by atoms with E-state index >= 15 is 9.59 Å². The Kier molecular flexibility index (Phi) is 15.3. The van der Waals surface area contributed by atoms with Crippen molar-refractivity contribution in [1.82, 2.24) is 34.5 Å². The zero-order valence-corrected chi connectivity index (χ0v) is 39.8. The van der Waals surface area contributed by atoms with Crippen molar-refractivity contribution in [3.05, 3.63) is 136 Å². The highest BCUT2D eigenvalue weighted by atomic mass is 35.5. The second kappa shape index (κ2) is 21.1. The second-order valence-electron chi connectivity index (χ2n) is 18.0.